The highest BCUT2D eigenvalue weighted by Crippen LogP contribution is 2.40. The van der Waals surface area contributed by atoms with E-state index in [4.69, 9.17) is 10.6 Å². The lowest BCUT2D eigenvalue weighted by molar-refractivity contribution is -0.142. The van der Waals surface area contributed by atoms with Crippen molar-refractivity contribution in [2.45, 2.75) is 70.3 Å². The molecule has 1 aliphatic carbocycles. The van der Waals surface area contributed by atoms with Crippen LogP contribution in [0.1, 0.15) is 79.3 Å². The number of anilines is 1. The second kappa shape index (κ2) is 13.1. The minimum absolute atomic E-state index is 0.0641. The van der Waals surface area contributed by atoms with E-state index >= 15 is 4.39 Å². The van der Waals surface area contributed by atoms with Crippen LogP contribution >= 0.6 is 0 Å². The van der Waals surface area contributed by atoms with Gasteiger partial charge in [0.2, 0.25) is 0 Å². The van der Waals surface area contributed by atoms with Crippen molar-refractivity contribution < 1.29 is 32.0 Å². The van der Waals surface area contributed by atoms with Crippen molar-refractivity contribution in [3.63, 3.8) is 0 Å². The van der Waals surface area contributed by atoms with Crippen LogP contribution in [0.15, 0.2) is 79.1 Å². The highest BCUT2D eigenvalue weighted by Gasteiger charge is 2.38. The van der Waals surface area contributed by atoms with E-state index in [1.807, 2.05) is 6.07 Å². The van der Waals surface area contributed by atoms with Crippen LogP contribution in [0.5, 0.6) is 0 Å². The molecule has 5 rings (SSSR count). The third-order valence-electron chi connectivity index (χ3n) is 8.13. The zero-order valence-electron chi connectivity index (χ0n) is 26.2. The normalized spacial score (nSPS) is 14.7. The summed E-state index contributed by atoms with van der Waals surface area (Å²) in [4.78, 5) is 37.8. The van der Waals surface area contributed by atoms with Crippen molar-refractivity contribution in [1.29, 1.82) is 0 Å². The van der Waals surface area contributed by atoms with Crippen LogP contribution in [0.4, 0.5) is 28.0 Å². The number of benzene rings is 2. The minimum Gasteiger partial charge on any atom is -0.318 e. The average molecular weight is 653 g/mol. The predicted octanol–water partition coefficient (Wildman–Crippen LogP) is 6.93. The van der Waals surface area contributed by atoms with Crippen molar-refractivity contribution >= 4 is 17.7 Å². The number of carbonyl (C=O) groups excluding carboxylic acids is 2. The third-order valence-corrected chi connectivity index (χ3v) is 8.13. The number of nitrogens with two attached hydrogens (primary N) is 1. The monoisotopic (exact) mass is 652 g/mol. The second-order valence-electron chi connectivity index (χ2n) is 12.7. The maximum Gasteiger partial charge on any atom is 0.436 e. The first-order valence-electron chi connectivity index (χ1n) is 15.2. The molecule has 1 saturated carbocycles. The number of amides is 2. The average Bonchev–Trinajstić information content (AvgIpc) is 3.76. The molecule has 13 heteroatoms. The van der Waals surface area contributed by atoms with Gasteiger partial charge in [0.1, 0.15) is 5.82 Å². The number of aromatic nitrogens is 3. The Morgan fingerprint density at radius 1 is 1.02 bits per heavy atom. The molecule has 2 amide bonds. The molecule has 0 spiro atoms. The number of nitrogens with zero attached hydrogens (tertiary/aromatic N) is 4. The number of pyridine rings is 1. The minimum atomic E-state index is -4.98. The van der Waals surface area contributed by atoms with E-state index in [0.29, 0.717) is 29.5 Å². The van der Waals surface area contributed by atoms with Crippen molar-refractivity contribution in [1.82, 2.24) is 19.8 Å². The van der Waals surface area contributed by atoms with Crippen LogP contribution in [-0.2, 0) is 18.3 Å². The Labute approximate surface area is 269 Å². The molecule has 1 atom stereocenters. The molecular weight excluding hydrogens is 616 g/mol. The summed E-state index contributed by atoms with van der Waals surface area (Å²) >= 11 is 0. The maximum absolute atomic E-state index is 15.1. The molecule has 4 aromatic rings. The molecule has 3 N–H and O–H groups in total. The Kier molecular flexibility index (Phi) is 9.39. The van der Waals surface area contributed by atoms with Gasteiger partial charge in [-0.2, -0.15) is 13.2 Å². The molecule has 47 heavy (non-hydrogen) atoms. The number of hydrogen-bond donors (Lipinski definition) is 2. The Balaban J connectivity index is 1.45. The Hall–Kier alpha value is -4.78. The second-order valence-corrected chi connectivity index (χ2v) is 12.7. The fourth-order valence-electron chi connectivity index (χ4n) is 5.20. The van der Waals surface area contributed by atoms with Gasteiger partial charge in [-0.05, 0) is 74.4 Å². The quantitative estimate of drug-likeness (QED) is 0.180. The molecule has 0 aliphatic heterocycles. The van der Waals surface area contributed by atoms with Crippen LogP contribution in [-0.4, -0.2) is 37.4 Å². The van der Waals surface area contributed by atoms with Crippen LogP contribution in [0.3, 0.4) is 0 Å². The number of rotatable bonds is 10. The summed E-state index contributed by atoms with van der Waals surface area (Å²) in [6.07, 6.45) is 0.750. The molecule has 1 fully saturated rings. The van der Waals surface area contributed by atoms with Gasteiger partial charge in [0, 0.05) is 30.5 Å². The summed E-state index contributed by atoms with van der Waals surface area (Å²) in [5, 5.41) is 5.69. The molecule has 0 saturated heterocycles. The van der Waals surface area contributed by atoms with E-state index in [1.165, 1.54) is 17.0 Å². The van der Waals surface area contributed by atoms with E-state index < -0.39 is 46.5 Å². The highest BCUT2D eigenvalue weighted by molar-refractivity contribution is 6.03. The van der Waals surface area contributed by atoms with Gasteiger partial charge in [-0.25, -0.2) is 9.18 Å². The molecule has 2 aromatic heterocycles. The Morgan fingerprint density at radius 3 is 2.36 bits per heavy atom. The van der Waals surface area contributed by atoms with E-state index in [2.05, 4.69) is 15.4 Å². The maximum atomic E-state index is 15.1. The Bertz CT molecular complexity index is 1720. The van der Waals surface area contributed by atoms with E-state index in [-0.39, 0.29) is 17.1 Å². The number of halogens is 4. The van der Waals surface area contributed by atoms with Crippen LogP contribution in [0.2, 0.25) is 0 Å². The first-order chi connectivity index (χ1) is 22.1. The van der Waals surface area contributed by atoms with Gasteiger partial charge in [0.15, 0.2) is 11.4 Å². The third kappa shape index (κ3) is 7.97. The van der Waals surface area contributed by atoms with Gasteiger partial charge >= 0.3 is 12.3 Å². The fourth-order valence-corrected chi connectivity index (χ4v) is 5.20. The predicted molar refractivity (Wildman–Crippen MR) is 166 cm³/mol. The molecule has 9 nitrogen and oxygen atoms in total. The SMILES string of the molecule is CC(C)(C)N(Cc1ccccc1)C(=O)On1nc(C(F)(F)F)cc1C(=O)Nc1cc(C(N)(CCC2CC2)c2cccnc2)ccc1F. The summed E-state index contributed by atoms with van der Waals surface area (Å²) in [5.74, 6) is -1.50. The molecule has 0 radical (unpaired) electrons. The zero-order valence-corrected chi connectivity index (χ0v) is 26.2. The molecule has 248 valence electrons. The van der Waals surface area contributed by atoms with Gasteiger partial charge < -0.3 is 11.1 Å². The molecule has 0 bridgehead atoms. The van der Waals surface area contributed by atoms with Crippen molar-refractivity contribution in [2.75, 3.05) is 5.32 Å². The first-order valence-corrected chi connectivity index (χ1v) is 15.2. The Morgan fingerprint density at radius 2 is 1.74 bits per heavy atom. The summed E-state index contributed by atoms with van der Waals surface area (Å²) in [5.41, 5.74) is 4.35. The molecule has 1 aliphatic rings. The fraction of sp³-hybridized carbons (Fsp3) is 0.353. The summed E-state index contributed by atoms with van der Waals surface area (Å²) < 4.78 is 56.4. The lowest BCUT2D eigenvalue weighted by Crippen LogP contribution is -2.48. The van der Waals surface area contributed by atoms with Crippen LogP contribution < -0.4 is 15.9 Å². The highest BCUT2D eigenvalue weighted by atomic mass is 19.4. The van der Waals surface area contributed by atoms with E-state index in [0.717, 1.165) is 30.9 Å². The number of nitrogens with one attached hydrogen (secondary N) is 1. The van der Waals surface area contributed by atoms with Crippen molar-refractivity contribution in [3.05, 3.63) is 113 Å². The van der Waals surface area contributed by atoms with Gasteiger partial charge in [-0.15, -0.1) is 5.10 Å². The smallest absolute Gasteiger partial charge is 0.318 e. The first kappa shape index (κ1) is 33.6. The van der Waals surface area contributed by atoms with Crippen molar-refractivity contribution in [3.8, 4) is 0 Å². The van der Waals surface area contributed by atoms with Gasteiger partial charge in [-0.1, -0.05) is 60.2 Å². The lowest BCUT2D eigenvalue weighted by atomic mass is 9.80. The molecule has 1 unspecified atom stereocenters. The molecule has 2 aromatic carbocycles. The van der Waals surface area contributed by atoms with Crippen LogP contribution in [0, 0.1) is 11.7 Å². The standard InChI is InChI=1S/C34H36F4N6O3/c1-32(2,3)43(21-23-8-5-4-6-9-23)31(46)47-44-28(19-29(42-44)34(36,37)38)30(45)41-27-18-24(13-14-26(27)35)33(39,16-15-22-11-12-22)25-10-7-17-40-20-25/h4-10,13-14,17-20,22H,11-12,15-16,21,39H2,1-3H3,(H,41,45). The number of carbonyl (C=O) groups is 2. The van der Waals surface area contributed by atoms with Gasteiger partial charge in [0.25, 0.3) is 5.91 Å². The lowest BCUT2D eigenvalue weighted by Gasteiger charge is -2.34. The number of alkyl halides is 3. The van der Waals surface area contributed by atoms with E-state index in [1.54, 1.807) is 69.6 Å². The van der Waals surface area contributed by atoms with Crippen molar-refractivity contribution in [2.24, 2.45) is 11.7 Å². The summed E-state index contributed by atoms with van der Waals surface area (Å²) in [6, 6.07) is 16.9. The molecule has 2 heterocycles. The summed E-state index contributed by atoms with van der Waals surface area (Å²) in [6.45, 7) is 5.23. The molecular formula is C34H36F4N6O3. The van der Waals surface area contributed by atoms with E-state index in [9.17, 15) is 22.8 Å². The zero-order chi connectivity index (χ0) is 34.0. The number of hydrogen-bond acceptors (Lipinski definition) is 6. The van der Waals surface area contributed by atoms with Gasteiger partial charge in [0.05, 0.1) is 11.2 Å². The van der Waals surface area contributed by atoms with Crippen LogP contribution in [0.25, 0.3) is 0 Å². The summed E-state index contributed by atoms with van der Waals surface area (Å²) in [7, 11) is 0. The topological polar surface area (TPSA) is 115 Å². The largest absolute Gasteiger partial charge is 0.436 e. The van der Waals surface area contributed by atoms with Gasteiger partial charge in [-0.3, -0.25) is 19.5 Å².